The van der Waals surface area contributed by atoms with E-state index in [9.17, 15) is 4.39 Å². The second kappa shape index (κ2) is 5.44. The minimum absolute atomic E-state index is 0.0218. The molecule has 0 aliphatic rings. The first-order valence-electron chi connectivity index (χ1n) is 4.24. The van der Waals surface area contributed by atoms with Crippen LogP contribution in [-0.4, -0.2) is 33.9 Å². The normalized spacial score (nSPS) is 14.7. The van der Waals surface area contributed by atoms with E-state index in [-0.39, 0.29) is 16.1 Å². The van der Waals surface area contributed by atoms with Crippen molar-refractivity contribution in [1.82, 2.24) is 9.97 Å². The van der Waals surface area contributed by atoms with Gasteiger partial charge in [0.05, 0.1) is 18.8 Å². The Labute approximate surface area is 96.4 Å². The van der Waals surface area contributed by atoms with Crippen molar-refractivity contribution < 1.29 is 9.50 Å². The molecule has 0 bridgehead atoms. The summed E-state index contributed by atoms with van der Waals surface area (Å²) in [5.74, 6) is 0.250. The second-order valence-electron chi connectivity index (χ2n) is 2.97. The van der Waals surface area contributed by atoms with Crippen LogP contribution in [0.1, 0.15) is 6.92 Å². The van der Waals surface area contributed by atoms with Crippen LogP contribution >= 0.6 is 23.2 Å². The van der Waals surface area contributed by atoms with Gasteiger partial charge in [-0.3, -0.25) is 0 Å². The zero-order chi connectivity index (χ0) is 11.4. The van der Waals surface area contributed by atoms with Crippen LogP contribution in [0.15, 0.2) is 6.20 Å². The summed E-state index contributed by atoms with van der Waals surface area (Å²) in [6, 6.07) is -0.613. The van der Waals surface area contributed by atoms with Crippen LogP contribution in [-0.2, 0) is 0 Å². The monoisotopic (exact) mass is 253 g/mol. The van der Waals surface area contributed by atoms with Crippen LogP contribution in [0.3, 0.4) is 0 Å². The molecule has 0 saturated heterocycles. The molecule has 0 radical (unpaired) electrons. The number of aromatic nitrogens is 2. The molecule has 0 spiro atoms. The summed E-state index contributed by atoms with van der Waals surface area (Å²) in [5.41, 5.74) is 0. The second-order valence-corrected chi connectivity index (χ2v) is 3.71. The summed E-state index contributed by atoms with van der Waals surface area (Å²) < 4.78 is 13.0. The van der Waals surface area contributed by atoms with Gasteiger partial charge in [-0.2, -0.15) is 4.98 Å². The number of nitrogens with one attached hydrogen (secondary N) is 1. The van der Waals surface area contributed by atoms with Crippen LogP contribution < -0.4 is 5.32 Å². The molecule has 1 heterocycles. The summed E-state index contributed by atoms with van der Waals surface area (Å²) in [7, 11) is 0. The molecule has 2 unspecified atom stereocenters. The third-order valence-electron chi connectivity index (χ3n) is 1.80. The molecule has 4 nitrogen and oxygen atoms in total. The van der Waals surface area contributed by atoms with E-state index in [0.29, 0.717) is 0 Å². The molecular weight excluding hydrogens is 244 g/mol. The van der Waals surface area contributed by atoms with Gasteiger partial charge in [0, 0.05) is 0 Å². The molecule has 0 aliphatic carbocycles. The lowest BCUT2D eigenvalue weighted by atomic mass is 10.2. The number of anilines is 1. The van der Waals surface area contributed by atoms with Gasteiger partial charge in [0.2, 0.25) is 5.28 Å². The molecule has 0 fully saturated rings. The minimum atomic E-state index is -1.39. The predicted molar refractivity (Wildman–Crippen MR) is 57.1 cm³/mol. The Balaban J connectivity index is 2.75. The number of aliphatic hydroxyl groups is 1. The Kier molecular flexibility index (Phi) is 4.50. The van der Waals surface area contributed by atoms with E-state index in [1.807, 2.05) is 0 Å². The van der Waals surface area contributed by atoms with Gasteiger partial charge in [-0.05, 0) is 18.5 Å². The Morgan fingerprint density at radius 3 is 2.87 bits per heavy atom. The number of halogens is 3. The molecule has 0 aromatic carbocycles. The van der Waals surface area contributed by atoms with Crippen LogP contribution in [0.25, 0.3) is 0 Å². The van der Waals surface area contributed by atoms with Gasteiger partial charge in [0.1, 0.15) is 17.0 Å². The molecule has 7 heteroatoms. The Morgan fingerprint density at radius 2 is 2.27 bits per heavy atom. The van der Waals surface area contributed by atoms with E-state index in [4.69, 9.17) is 28.3 Å². The van der Waals surface area contributed by atoms with Gasteiger partial charge < -0.3 is 10.4 Å². The molecule has 0 aliphatic heterocycles. The van der Waals surface area contributed by atoms with Crippen LogP contribution in [0.2, 0.25) is 10.3 Å². The van der Waals surface area contributed by atoms with E-state index in [0.717, 1.165) is 0 Å². The Bertz CT molecular complexity index is 340. The van der Waals surface area contributed by atoms with Crippen LogP contribution in [0.4, 0.5) is 10.2 Å². The highest BCUT2D eigenvalue weighted by Crippen LogP contribution is 2.20. The number of hydrogen-bond acceptors (Lipinski definition) is 4. The molecule has 0 saturated carbocycles. The first kappa shape index (κ1) is 12.4. The number of rotatable bonds is 4. The van der Waals surface area contributed by atoms with E-state index in [1.54, 1.807) is 6.92 Å². The van der Waals surface area contributed by atoms with Gasteiger partial charge in [0.15, 0.2) is 0 Å². The highest BCUT2D eigenvalue weighted by atomic mass is 35.5. The molecule has 2 atom stereocenters. The maximum atomic E-state index is 13.0. The summed E-state index contributed by atoms with van der Waals surface area (Å²) in [5, 5.41) is 11.6. The molecule has 1 rings (SSSR count). The average Bonchev–Trinajstić information content (AvgIpc) is 2.22. The maximum Gasteiger partial charge on any atom is 0.224 e. The van der Waals surface area contributed by atoms with Gasteiger partial charge in [-0.1, -0.05) is 11.6 Å². The van der Waals surface area contributed by atoms with Crippen LogP contribution in [0.5, 0.6) is 0 Å². The van der Waals surface area contributed by atoms with Crippen molar-refractivity contribution in [3.05, 3.63) is 16.5 Å². The van der Waals surface area contributed by atoms with Crippen molar-refractivity contribution in [2.24, 2.45) is 0 Å². The zero-order valence-electron chi connectivity index (χ0n) is 7.91. The maximum absolute atomic E-state index is 13.0. The third kappa shape index (κ3) is 3.44. The lowest BCUT2D eigenvalue weighted by Gasteiger charge is -2.17. The number of aliphatic hydroxyl groups excluding tert-OH is 1. The molecule has 2 N–H and O–H groups in total. The number of hydrogen-bond donors (Lipinski definition) is 2. The fourth-order valence-corrected chi connectivity index (χ4v) is 1.19. The summed E-state index contributed by atoms with van der Waals surface area (Å²) in [4.78, 5) is 7.44. The fourth-order valence-electron chi connectivity index (χ4n) is 0.911. The summed E-state index contributed by atoms with van der Waals surface area (Å²) in [6.45, 7) is 0.998. The van der Waals surface area contributed by atoms with Crippen molar-refractivity contribution >= 4 is 29.0 Å². The molecule has 84 valence electrons. The van der Waals surface area contributed by atoms with E-state index in [1.165, 1.54) is 6.20 Å². The highest BCUT2D eigenvalue weighted by molar-refractivity contribution is 6.33. The van der Waals surface area contributed by atoms with Gasteiger partial charge in [-0.15, -0.1) is 0 Å². The zero-order valence-corrected chi connectivity index (χ0v) is 9.43. The average molecular weight is 254 g/mol. The van der Waals surface area contributed by atoms with E-state index < -0.39 is 18.8 Å². The lowest BCUT2D eigenvalue weighted by Crippen LogP contribution is -2.30. The van der Waals surface area contributed by atoms with Gasteiger partial charge >= 0.3 is 0 Å². The number of nitrogens with zero attached hydrogens (tertiary/aromatic N) is 2. The molecular formula is C8H10Cl2FN3O. The summed E-state index contributed by atoms with van der Waals surface area (Å²) >= 11 is 11.3. The minimum Gasteiger partial charge on any atom is -0.393 e. The van der Waals surface area contributed by atoms with Crippen LogP contribution in [0, 0.1) is 0 Å². The number of alkyl halides is 1. The van der Waals surface area contributed by atoms with Crippen molar-refractivity contribution in [3.63, 3.8) is 0 Å². The fraction of sp³-hybridized carbons (Fsp3) is 0.500. The van der Waals surface area contributed by atoms with Gasteiger partial charge in [-0.25, -0.2) is 9.37 Å². The van der Waals surface area contributed by atoms with E-state index in [2.05, 4.69) is 15.3 Å². The molecule has 1 aromatic heterocycles. The predicted octanol–water partition coefficient (Wildman–Crippen LogP) is 1.91. The van der Waals surface area contributed by atoms with E-state index >= 15 is 0 Å². The molecule has 1 aromatic rings. The highest BCUT2D eigenvalue weighted by Gasteiger charge is 2.16. The largest absolute Gasteiger partial charge is 0.393 e. The third-order valence-corrected chi connectivity index (χ3v) is 2.25. The Hall–Kier alpha value is -0.650. The van der Waals surface area contributed by atoms with Gasteiger partial charge in [0.25, 0.3) is 0 Å². The molecule has 0 amide bonds. The molecule has 15 heavy (non-hydrogen) atoms. The van der Waals surface area contributed by atoms with Crippen molar-refractivity contribution in [3.8, 4) is 0 Å². The van der Waals surface area contributed by atoms with Crippen molar-refractivity contribution in [1.29, 1.82) is 0 Å². The first-order chi connectivity index (χ1) is 7.04. The SMILES string of the molecule is CC(Nc1nc(Cl)ncc1Cl)C(F)CO. The Morgan fingerprint density at radius 1 is 1.60 bits per heavy atom. The standard InChI is InChI=1S/C8H10Cl2FN3O/c1-4(6(11)3-15)13-7-5(9)2-12-8(10)14-7/h2,4,6,15H,3H2,1H3,(H,12,13,14). The topological polar surface area (TPSA) is 58.0 Å². The van der Waals surface area contributed by atoms with Crippen molar-refractivity contribution in [2.75, 3.05) is 11.9 Å². The first-order valence-corrected chi connectivity index (χ1v) is 4.99. The smallest absolute Gasteiger partial charge is 0.224 e. The van der Waals surface area contributed by atoms with Crippen molar-refractivity contribution in [2.45, 2.75) is 19.1 Å². The lowest BCUT2D eigenvalue weighted by molar-refractivity contribution is 0.165. The summed E-state index contributed by atoms with van der Waals surface area (Å²) in [6.07, 6.45) is -0.0761. The quantitative estimate of drug-likeness (QED) is 0.806.